The molecule has 4 heteroatoms. The highest BCUT2D eigenvalue weighted by Crippen LogP contribution is 2.61. The van der Waals surface area contributed by atoms with Gasteiger partial charge in [0.2, 0.25) is 5.91 Å². The third kappa shape index (κ3) is 3.76. The van der Waals surface area contributed by atoms with Crippen molar-refractivity contribution in [1.82, 2.24) is 10.3 Å². The molecule has 1 heterocycles. The first-order valence-electron chi connectivity index (χ1n) is 10.9. The fourth-order valence-corrected chi connectivity index (χ4v) is 7.22. The SMILES string of the molecule is Cc1nc(-c2ccc(CCNC(=O)CC34CC5CC(CC(C5)C3)C4)cc2)cs1. The van der Waals surface area contributed by atoms with Gasteiger partial charge in [0.1, 0.15) is 0 Å². The molecule has 0 unspecified atom stereocenters. The van der Waals surface area contributed by atoms with E-state index in [0.29, 0.717) is 5.41 Å². The van der Waals surface area contributed by atoms with Gasteiger partial charge in [-0.15, -0.1) is 11.3 Å². The largest absolute Gasteiger partial charge is 0.356 e. The van der Waals surface area contributed by atoms with E-state index in [4.69, 9.17) is 0 Å². The Morgan fingerprint density at radius 3 is 2.32 bits per heavy atom. The Balaban J connectivity index is 1.12. The predicted octanol–water partition coefficient (Wildman–Crippen LogP) is 5.38. The first kappa shape index (κ1) is 18.4. The Morgan fingerprint density at radius 2 is 1.75 bits per heavy atom. The van der Waals surface area contributed by atoms with E-state index in [1.54, 1.807) is 11.3 Å². The first-order valence-corrected chi connectivity index (χ1v) is 11.7. The number of thiazole rings is 1. The molecule has 4 saturated carbocycles. The van der Waals surface area contributed by atoms with E-state index in [9.17, 15) is 4.79 Å². The van der Waals surface area contributed by atoms with Gasteiger partial charge < -0.3 is 5.32 Å². The van der Waals surface area contributed by atoms with Crippen molar-refractivity contribution in [2.24, 2.45) is 23.2 Å². The molecule has 0 radical (unpaired) electrons. The van der Waals surface area contributed by atoms with E-state index < -0.39 is 0 Å². The molecular formula is C24H30N2OS. The summed E-state index contributed by atoms with van der Waals surface area (Å²) in [5.74, 6) is 3.02. The smallest absolute Gasteiger partial charge is 0.220 e. The van der Waals surface area contributed by atoms with Crippen LogP contribution in [0.15, 0.2) is 29.6 Å². The fraction of sp³-hybridized carbons (Fsp3) is 0.583. The average Bonchev–Trinajstić information content (AvgIpc) is 3.07. The zero-order valence-corrected chi connectivity index (χ0v) is 17.6. The van der Waals surface area contributed by atoms with Crippen LogP contribution in [0.2, 0.25) is 0 Å². The summed E-state index contributed by atoms with van der Waals surface area (Å²) in [5.41, 5.74) is 3.83. The predicted molar refractivity (Wildman–Crippen MR) is 114 cm³/mol. The molecule has 0 saturated heterocycles. The van der Waals surface area contributed by atoms with Gasteiger partial charge in [-0.05, 0) is 80.6 Å². The van der Waals surface area contributed by atoms with Crippen molar-refractivity contribution in [3.05, 3.63) is 40.2 Å². The lowest BCUT2D eigenvalue weighted by atomic mass is 9.49. The molecule has 4 fully saturated rings. The second-order valence-corrected chi connectivity index (χ2v) is 10.7. The molecule has 1 N–H and O–H groups in total. The van der Waals surface area contributed by atoms with E-state index in [2.05, 4.69) is 39.9 Å². The third-order valence-electron chi connectivity index (χ3n) is 7.31. The van der Waals surface area contributed by atoms with Crippen LogP contribution in [0.1, 0.15) is 55.5 Å². The molecule has 1 aromatic carbocycles. The minimum atomic E-state index is 0.275. The van der Waals surface area contributed by atoms with Crippen molar-refractivity contribution in [2.75, 3.05) is 6.54 Å². The van der Waals surface area contributed by atoms with E-state index in [1.165, 1.54) is 49.7 Å². The summed E-state index contributed by atoms with van der Waals surface area (Å²) >= 11 is 1.68. The molecular weight excluding hydrogens is 364 g/mol. The number of amides is 1. The van der Waals surface area contributed by atoms with Crippen molar-refractivity contribution in [3.8, 4) is 11.3 Å². The quantitative estimate of drug-likeness (QED) is 0.714. The van der Waals surface area contributed by atoms with Crippen molar-refractivity contribution in [2.45, 2.75) is 58.3 Å². The lowest BCUT2D eigenvalue weighted by Crippen LogP contribution is -2.48. The average molecular weight is 395 g/mol. The molecule has 148 valence electrons. The van der Waals surface area contributed by atoms with Gasteiger partial charge in [-0.25, -0.2) is 4.98 Å². The van der Waals surface area contributed by atoms with Crippen LogP contribution < -0.4 is 5.32 Å². The number of hydrogen-bond acceptors (Lipinski definition) is 3. The number of aryl methyl sites for hydroxylation is 1. The second-order valence-electron chi connectivity index (χ2n) is 9.64. The standard InChI is InChI=1S/C24H30N2OS/c1-16-26-22(15-28-16)21-4-2-17(3-5-21)6-7-25-23(27)14-24-11-18-8-19(12-24)10-20(9-18)13-24/h2-5,15,18-20H,6-14H2,1H3,(H,25,27). The van der Waals surface area contributed by atoms with Gasteiger partial charge in [-0.3, -0.25) is 4.79 Å². The normalized spacial score (nSPS) is 30.5. The Labute approximate surface area is 172 Å². The fourth-order valence-electron chi connectivity index (χ4n) is 6.59. The molecule has 0 atom stereocenters. The summed E-state index contributed by atoms with van der Waals surface area (Å²) in [5, 5.41) is 6.41. The number of hydrogen-bond donors (Lipinski definition) is 1. The Morgan fingerprint density at radius 1 is 1.11 bits per heavy atom. The zero-order chi connectivity index (χ0) is 19.1. The summed E-state index contributed by atoms with van der Waals surface area (Å²) in [4.78, 5) is 17.2. The molecule has 0 aliphatic heterocycles. The monoisotopic (exact) mass is 394 g/mol. The van der Waals surface area contributed by atoms with E-state index in [0.717, 1.165) is 47.8 Å². The van der Waals surface area contributed by atoms with Crippen LogP contribution in [-0.2, 0) is 11.2 Å². The molecule has 0 spiro atoms. The zero-order valence-electron chi connectivity index (χ0n) is 16.7. The molecule has 3 nitrogen and oxygen atoms in total. The van der Waals surface area contributed by atoms with E-state index in [-0.39, 0.29) is 5.91 Å². The number of nitrogens with one attached hydrogen (secondary N) is 1. The van der Waals surface area contributed by atoms with Crippen molar-refractivity contribution >= 4 is 17.2 Å². The third-order valence-corrected chi connectivity index (χ3v) is 8.08. The Hall–Kier alpha value is -1.68. The summed E-state index contributed by atoms with van der Waals surface area (Å²) < 4.78 is 0. The summed E-state index contributed by atoms with van der Waals surface area (Å²) in [6.07, 6.45) is 9.91. The Bertz CT molecular complexity index is 818. The van der Waals surface area contributed by atoms with Crippen molar-refractivity contribution < 1.29 is 4.79 Å². The maximum atomic E-state index is 12.6. The lowest BCUT2D eigenvalue weighted by molar-refractivity contribution is -0.129. The van der Waals surface area contributed by atoms with Gasteiger partial charge in [-0.2, -0.15) is 0 Å². The minimum absolute atomic E-state index is 0.275. The van der Waals surface area contributed by atoms with Gasteiger partial charge in [0, 0.05) is 23.9 Å². The number of aromatic nitrogens is 1. The second kappa shape index (κ2) is 7.29. The number of carbonyl (C=O) groups excluding carboxylic acids is 1. The molecule has 28 heavy (non-hydrogen) atoms. The molecule has 2 aromatic rings. The Kier molecular flexibility index (Phi) is 4.78. The van der Waals surface area contributed by atoms with E-state index >= 15 is 0 Å². The van der Waals surface area contributed by atoms with Crippen molar-refractivity contribution in [1.29, 1.82) is 0 Å². The van der Waals surface area contributed by atoms with Gasteiger partial charge in [0.05, 0.1) is 10.7 Å². The number of benzene rings is 1. The summed E-state index contributed by atoms with van der Waals surface area (Å²) in [6.45, 7) is 2.77. The summed E-state index contributed by atoms with van der Waals surface area (Å²) in [7, 11) is 0. The van der Waals surface area contributed by atoms with Gasteiger partial charge in [0.15, 0.2) is 0 Å². The highest BCUT2D eigenvalue weighted by molar-refractivity contribution is 7.09. The molecule has 4 bridgehead atoms. The van der Waals surface area contributed by atoms with Crippen LogP contribution in [0.4, 0.5) is 0 Å². The van der Waals surface area contributed by atoms with Gasteiger partial charge in [0.25, 0.3) is 0 Å². The molecule has 4 aliphatic rings. The molecule has 4 aliphatic carbocycles. The van der Waals surface area contributed by atoms with Crippen LogP contribution in [0.25, 0.3) is 11.3 Å². The number of carbonyl (C=O) groups is 1. The van der Waals surface area contributed by atoms with Crippen LogP contribution in [0.5, 0.6) is 0 Å². The maximum Gasteiger partial charge on any atom is 0.220 e. The molecule has 1 amide bonds. The maximum absolute atomic E-state index is 12.6. The topological polar surface area (TPSA) is 42.0 Å². The molecule has 6 rings (SSSR count). The van der Waals surface area contributed by atoms with E-state index in [1.807, 2.05) is 6.92 Å². The lowest BCUT2D eigenvalue weighted by Gasteiger charge is -2.56. The minimum Gasteiger partial charge on any atom is -0.356 e. The number of rotatable bonds is 6. The van der Waals surface area contributed by atoms with Gasteiger partial charge >= 0.3 is 0 Å². The van der Waals surface area contributed by atoms with Crippen LogP contribution in [0.3, 0.4) is 0 Å². The number of nitrogens with zero attached hydrogens (tertiary/aromatic N) is 1. The van der Waals surface area contributed by atoms with Gasteiger partial charge in [-0.1, -0.05) is 24.3 Å². The highest BCUT2D eigenvalue weighted by Gasteiger charge is 2.51. The van der Waals surface area contributed by atoms with Crippen LogP contribution in [-0.4, -0.2) is 17.4 Å². The highest BCUT2D eigenvalue weighted by atomic mass is 32.1. The molecule has 1 aromatic heterocycles. The van der Waals surface area contributed by atoms with Crippen LogP contribution >= 0.6 is 11.3 Å². The van der Waals surface area contributed by atoms with Crippen LogP contribution in [0, 0.1) is 30.1 Å². The van der Waals surface area contributed by atoms with Crippen molar-refractivity contribution in [3.63, 3.8) is 0 Å². The first-order chi connectivity index (χ1) is 13.6. The summed E-state index contributed by atoms with van der Waals surface area (Å²) in [6, 6.07) is 8.60.